The molecule has 0 radical (unpaired) electrons. The molecule has 0 bridgehead atoms. The van der Waals surface area contributed by atoms with Crippen LogP contribution in [0.3, 0.4) is 0 Å². The summed E-state index contributed by atoms with van der Waals surface area (Å²) >= 11 is 0. The van der Waals surface area contributed by atoms with Crippen LogP contribution >= 0.6 is 0 Å². The van der Waals surface area contributed by atoms with Crippen LogP contribution in [0.2, 0.25) is 0 Å². The van der Waals surface area contributed by atoms with Gasteiger partial charge in [0.05, 0.1) is 33.5 Å². The highest BCUT2D eigenvalue weighted by Crippen LogP contribution is 2.43. The molecular weight excluding hydrogens is 841 g/mol. The van der Waals surface area contributed by atoms with E-state index in [1.165, 1.54) is 32.9 Å². The van der Waals surface area contributed by atoms with Crippen LogP contribution in [0.4, 0.5) is 0 Å². The van der Waals surface area contributed by atoms with Gasteiger partial charge in [-0.15, -0.1) is 0 Å². The molecule has 0 unspecified atom stereocenters. The molecule has 5 heteroatoms. The van der Waals surface area contributed by atoms with Gasteiger partial charge in [-0.1, -0.05) is 182 Å². The molecule has 5 nitrogen and oxygen atoms in total. The Bertz CT molecular complexity index is 4220. The molecule has 14 aromatic rings. The number of hydrogen-bond donors (Lipinski definition) is 0. The molecule has 4 aromatic heterocycles. The molecule has 4 heterocycles. The number of para-hydroxylation sites is 3. The fourth-order valence-corrected chi connectivity index (χ4v) is 10.6. The Kier molecular flexibility index (Phi) is 8.83. The number of furan rings is 1. The van der Waals surface area contributed by atoms with Crippen molar-refractivity contribution in [1.82, 2.24) is 19.1 Å². The first-order valence-electron chi connectivity index (χ1n) is 23.4. The van der Waals surface area contributed by atoms with E-state index in [4.69, 9.17) is 14.4 Å². The van der Waals surface area contributed by atoms with Crippen LogP contribution in [0.5, 0.6) is 0 Å². The summed E-state index contributed by atoms with van der Waals surface area (Å²) in [6, 6.07) is 86.1. The summed E-state index contributed by atoms with van der Waals surface area (Å²) < 4.78 is 11.2. The topological polar surface area (TPSA) is 48.8 Å². The van der Waals surface area contributed by atoms with E-state index >= 15 is 0 Å². The zero-order valence-corrected chi connectivity index (χ0v) is 37.3. The fourth-order valence-electron chi connectivity index (χ4n) is 10.6. The van der Waals surface area contributed by atoms with Crippen molar-refractivity contribution in [2.24, 2.45) is 0 Å². The maximum Gasteiger partial charge on any atom is 0.235 e. The van der Waals surface area contributed by atoms with Crippen LogP contribution in [0, 0.1) is 0 Å². The highest BCUT2D eigenvalue weighted by molar-refractivity contribution is 6.17. The van der Waals surface area contributed by atoms with Gasteiger partial charge in [-0.2, -0.15) is 0 Å². The summed E-state index contributed by atoms with van der Waals surface area (Å²) in [6.07, 6.45) is 0. The molecule has 10 aromatic carbocycles. The van der Waals surface area contributed by atoms with Crippen LogP contribution in [0.1, 0.15) is 0 Å². The van der Waals surface area contributed by atoms with Gasteiger partial charge in [0, 0.05) is 49.1 Å². The lowest BCUT2D eigenvalue weighted by molar-refractivity contribution is 0.669. The SMILES string of the molecule is c1ccc(-c2cc(-c3ccccc3)nc(-n3c4ccccc4c4ccc(-c5cccc6oc7ccc(-c8ccc(-c9cccc%10c9c9ccccc9n%10-c9ccccc9)cc8)cc7c56)cc43)n2)cc1. The Labute approximate surface area is 397 Å². The van der Waals surface area contributed by atoms with Gasteiger partial charge < -0.3 is 8.98 Å². The summed E-state index contributed by atoms with van der Waals surface area (Å²) in [5.41, 5.74) is 18.0. The van der Waals surface area contributed by atoms with Gasteiger partial charge in [-0.3, -0.25) is 4.57 Å². The fraction of sp³-hybridized carbons (Fsp3) is 0. The normalized spacial score (nSPS) is 11.8. The van der Waals surface area contributed by atoms with Crippen molar-refractivity contribution in [2.45, 2.75) is 0 Å². The minimum Gasteiger partial charge on any atom is -0.456 e. The van der Waals surface area contributed by atoms with E-state index in [0.717, 1.165) is 94.2 Å². The van der Waals surface area contributed by atoms with Gasteiger partial charge in [0.2, 0.25) is 5.95 Å². The maximum atomic E-state index is 6.60. The van der Waals surface area contributed by atoms with Crippen LogP contribution in [0.25, 0.3) is 133 Å². The zero-order valence-electron chi connectivity index (χ0n) is 37.3. The lowest BCUT2D eigenvalue weighted by atomic mass is 9.95. The number of fused-ring (bicyclic) bond motifs is 9. The molecule has 0 aliphatic rings. The summed E-state index contributed by atoms with van der Waals surface area (Å²) in [6.45, 7) is 0. The Morgan fingerprint density at radius 2 is 0.841 bits per heavy atom. The standard InChI is InChI=1S/C64H40N4O/c1-4-16-43(17-5-1)54-40-55(44-18-6-2-7-19-44)66-64(65-54)68-56-26-12-10-22-50(56)51-36-34-46(39-59(51)68)49-25-15-29-61-63(49)53-38-45(35-37-60(53)69-61)41-30-32-42(33-31-41)48-24-14-28-58-62(48)52-23-11-13-27-57(52)67(58)47-20-8-3-9-21-47/h1-40H. The molecule has 0 fully saturated rings. The second kappa shape index (κ2) is 15.7. The molecule has 0 aliphatic heterocycles. The molecule has 0 amide bonds. The first-order chi connectivity index (χ1) is 34.2. The number of hydrogen-bond acceptors (Lipinski definition) is 3. The van der Waals surface area contributed by atoms with Crippen LogP contribution in [-0.2, 0) is 0 Å². The summed E-state index contributed by atoms with van der Waals surface area (Å²) in [5.74, 6) is 0.622. The quantitative estimate of drug-likeness (QED) is 0.160. The van der Waals surface area contributed by atoms with Crippen molar-refractivity contribution in [1.29, 1.82) is 0 Å². The predicted molar refractivity (Wildman–Crippen MR) is 285 cm³/mol. The summed E-state index contributed by atoms with van der Waals surface area (Å²) in [7, 11) is 0. The van der Waals surface area contributed by atoms with E-state index in [2.05, 4.69) is 240 Å². The van der Waals surface area contributed by atoms with Crippen LogP contribution < -0.4 is 0 Å². The van der Waals surface area contributed by atoms with Crippen molar-refractivity contribution in [3.63, 3.8) is 0 Å². The van der Waals surface area contributed by atoms with E-state index in [1.54, 1.807) is 0 Å². The monoisotopic (exact) mass is 880 g/mol. The average molecular weight is 881 g/mol. The summed E-state index contributed by atoms with van der Waals surface area (Å²) in [4.78, 5) is 10.6. The molecular formula is C64H40N4O. The molecule has 14 rings (SSSR count). The Morgan fingerprint density at radius 1 is 0.290 bits per heavy atom. The third-order valence-electron chi connectivity index (χ3n) is 13.8. The first-order valence-corrected chi connectivity index (χ1v) is 23.4. The Hall–Kier alpha value is -9.32. The van der Waals surface area contributed by atoms with E-state index in [9.17, 15) is 0 Å². The van der Waals surface area contributed by atoms with Crippen LogP contribution in [-0.4, -0.2) is 19.1 Å². The Balaban J connectivity index is 0.891. The van der Waals surface area contributed by atoms with Crippen molar-refractivity contribution >= 4 is 65.6 Å². The van der Waals surface area contributed by atoms with Gasteiger partial charge in [-0.05, 0) is 94.0 Å². The van der Waals surface area contributed by atoms with Gasteiger partial charge in [0.1, 0.15) is 11.2 Å². The molecule has 322 valence electrons. The first kappa shape index (κ1) is 38.9. The van der Waals surface area contributed by atoms with E-state index < -0.39 is 0 Å². The van der Waals surface area contributed by atoms with Crippen molar-refractivity contribution in [2.75, 3.05) is 0 Å². The highest BCUT2D eigenvalue weighted by Gasteiger charge is 2.21. The number of nitrogens with zero attached hydrogens (tertiary/aromatic N) is 4. The van der Waals surface area contributed by atoms with E-state index in [1.807, 2.05) is 12.1 Å². The lowest BCUT2D eigenvalue weighted by Gasteiger charge is -2.12. The minimum atomic E-state index is 0.622. The van der Waals surface area contributed by atoms with Crippen molar-refractivity contribution < 1.29 is 4.42 Å². The zero-order chi connectivity index (χ0) is 45.4. The second-order valence-electron chi connectivity index (χ2n) is 17.7. The average Bonchev–Trinajstić information content (AvgIpc) is 4.09. The highest BCUT2D eigenvalue weighted by atomic mass is 16.3. The van der Waals surface area contributed by atoms with Gasteiger partial charge >= 0.3 is 0 Å². The van der Waals surface area contributed by atoms with Gasteiger partial charge in [-0.25, -0.2) is 9.97 Å². The Morgan fingerprint density at radius 3 is 1.57 bits per heavy atom. The molecule has 0 saturated heterocycles. The van der Waals surface area contributed by atoms with E-state index in [-0.39, 0.29) is 0 Å². The van der Waals surface area contributed by atoms with Crippen LogP contribution in [0.15, 0.2) is 247 Å². The molecule has 0 atom stereocenters. The molecule has 0 N–H and O–H groups in total. The molecule has 0 saturated carbocycles. The van der Waals surface area contributed by atoms with Crippen molar-refractivity contribution in [3.05, 3.63) is 243 Å². The maximum absolute atomic E-state index is 6.60. The molecule has 0 aliphatic carbocycles. The number of rotatable bonds is 7. The number of aromatic nitrogens is 4. The second-order valence-corrected chi connectivity index (χ2v) is 17.7. The lowest BCUT2D eigenvalue weighted by Crippen LogP contribution is -2.04. The van der Waals surface area contributed by atoms with Gasteiger partial charge in [0.15, 0.2) is 0 Å². The third kappa shape index (κ3) is 6.32. The van der Waals surface area contributed by atoms with Crippen molar-refractivity contribution in [3.8, 4) is 67.5 Å². The number of benzene rings is 10. The third-order valence-corrected chi connectivity index (χ3v) is 13.8. The largest absolute Gasteiger partial charge is 0.456 e. The van der Waals surface area contributed by atoms with Gasteiger partial charge in [0.25, 0.3) is 0 Å². The smallest absolute Gasteiger partial charge is 0.235 e. The summed E-state index contributed by atoms with van der Waals surface area (Å²) in [5, 5.41) is 6.94. The molecule has 69 heavy (non-hydrogen) atoms. The van der Waals surface area contributed by atoms with E-state index in [0.29, 0.717) is 5.95 Å². The predicted octanol–water partition coefficient (Wildman–Crippen LogP) is 16.9. The molecule has 0 spiro atoms. The minimum absolute atomic E-state index is 0.622.